The van der Waals surface area contributed by atoms with E-state index in [1.807, 2.05) is 13.0 Å². The van der Waals surface area contributed by atoms with Gasteiger partial charge in [-0.15, -0.1) is 0 Å². The zero-order valence-electron chi connectivity index (χ0n) is 10.3. The van der Waals surface area contributed by atoms with Crippen LogP contribution < -0.4 is 10.5 Å². The molecule has 17 heavy (non-hydrogen) atoms. The summed E-state index contributed by atoms with van der Waals surface area (Å²) in [4.78, 5) is 3.94. The molecule has 0 unspecified atom stereocenters. The molecule has 0 radical (unpaired) electrons. The molecule has 0 saturated carbocycles. The van der Waals surface area contributed by atoms with E-state index in [2.05, 4.69) is 24.9 Å². The first-order valence-corrected chi connectivity index (χ1v) is 5.53. The molecule has 2 aromatic rings. The van der Waals surface area contributed by atoms with Crippen molar-refractivity contribution >= 4 is 5.69 Å². The molecule has 0 atom stereocenters. The molecule has 0 bridgehead atoms. The molecule has 1 aromatic carbocycles. The van der Waals surface area contributed by atoms with Gasteiger partial charge in [-0.1, -0.05) is 6.07 Å². The Balaban J connectivity index is 2.40. The number of ether oxygens (including phenoxy) is 1. The molecule has 88 valence electrons. The van der Waals surface area contributed by atoms with E-state index >= 15 is 0 Å². The largest absolute Gasteiger partial charge is 0.455 e. The number of hydrogen-bond acceptors (Lipinski definition) is 3. The third-order valence-corrected chi connectivity index (χ3v) is 2.79. The standard InChI is InChI=1S/C14H16N2O/c1-9-6-10(2)11(3)14(7-9)17-13-4-5-16-8-12(13)15/h4-8H,15H2,1-3H3. The summed E-state index contributed by atoms with van der Waals surface area (Å²) in [5.74, 6) is 1.49. The van der Waals surface area contributed by atoms with Crippen LogP contribution in [0.2, 0.25) is 0 Å². The molecule has 0 aliphatic heterocycles. The Morgan fingerprint density at radius 3 is 2.59 bits per heavy atom. The Morgan fingerprint density at radius 1 is 1.12 bits per heavy atom. The first kappa shape index (κ1) is 11.5. The first-order valence-electron chi connectivity index (χ1n) is 5.53. The Labute approximate surface area is 101 Å². The van der Waals surface area contributed by atoms with E-state index in [9.17, 15) is 0 Å². The van der Waals surface area contributed by atoms with Crippen LogP contribution in [0.4, 0.5) is 5.69 Å². The van der Waals surface area contributed by atoms with Gasteiger partial charge in [0.05, 0.1) is 11.9 Å². The number of pyridine rings is 1. The van der Waals surface area contributed by atoms with E-state index in [1.54, 1.807) is 18.5 Å². The van der Waals surface area contributed by atoms with Crippen LogP contribution in [0.1, 0.15) is 16.7 Å². The van der Waals surface area contributed by atoms with Crippen molar-refractivity contribution in [2.24, 2.45) is 0 Å². The minimum Gasteiger partial charge on any atom is -0.455 e. The van der Waals surface area contributed by atoms with Gasteiger partial charge >= 0.3 is 0 Å². The Bertz CT molecular complexity index is 550. The SMILES string of the molecule is Cc1cc(C)c(C)c(Oc2ccncc2N)c1. The molecule has 2 N–H and O–H groups in total. The van der Waals surface area contributed by atoms with Crippen molar-refractivity contribution < 1.29 is 4.74 Å². The molecule has 1 aromatic heterocycles. The van der Waals surface area contributed by atoms with Crippen molar-refractivity contribution in [2.75, 3.05) is 5.73 Å². The highest BCUT2D eigenvalue weighted by atomic mass is 16.5. The van der Waals surface area contributed by atoms with Gasteiger partial charge in [0.25, 0.3) is 0 Å². The lowest BCUT2D eigenvalue weighted by Gasteiger charge is -2.13. The molecule has 3 nitrogen and oxygen atoms in total. The first-order chi connectivity index (χ1) is 8.08. The Morgan fingerprint density at radius 2 is 1.88 bits per heavy atom. The molecule has 0 fully saturated rings. The number of hydrogen-bond donors (Lipinski definition) is 1. The number of benzene rings is 1. The second-order valence-corrected chi connectivity index (χ2v) is 4.22. The fourth-order valence-electron chi connectivity index (χ4n) is 1.71. The van der Waals surface area contributed by atoms with Gasteiger partial charge in [-0.2, -0.15) is 0 Å². The highest BCUT2D eigenvalue weighted by Crippen LogP contribution is 2.30. The van der Waals surface area contributed by atoms with Crippen LogP contribution in [-0.2, 0) is 0 Å². The second kappa shape index (κ2) is 4.45. The van der Waals surface area contributed by atoms with E-state index < -0.39 is 0 Å². The van der Waals surface area contributed by atoms with Crippen LogP contribution in [0.3, 0.4) is 0 Å². The van der Waals surface area contributed by atoms with Gasteiger partial charge in [-0.3, -0.25) is 4.98 Å². The zero-order chi connectivity index (χ0) is 12.4. The fourth-order valence-corrected chi connectivity index (χ4v) is 1.71. The quantitative estimate of drug-likeness (QED) is 0.857. The maximum atomic E-state index is 5.84. The molecule has 0 aliphatic carbocycles. The summed E-state index contributed by atoms with van der Waals surface area (Å²) in [6, 6.07) is 5.92. The van der Waals surface area contributed by atoms with Crippen LogP contribution in [0, 0.1) is 20.8 Å². The van der Waals surface area contributed by atoms with Gasteiger partial charge in [0.15, 0.2) is 5.75 Å². The van der Waals surface area contributed by atoms with Crippen molar-refractivity contribution in [3.8, 4) is 11.5 Å². The average molecular weight is 228 g/mol. The van der Waals surface area contributed by atoms with E-state index in [0.29, 0.717) is 11.4 Å². The van der Waals surface area contributed by atoms with Crippen molar-refractivity contribution in [1.29, 1.82) is 0 Å². The summed E-state index contributed by atoms with van der Waals surface area (Å²) in [6.45, 7) is 6.17. The normalized spacial score (nSPS) is 10.3. The van der Waals surface area contributed by atoms with Gasteiger partial charge in [-0.05, 0) is 43.5 Å². The second-order valence-electron chi connectivity index (χ2n) is 4.22. The third kappa shape index (κ3) is 2.38. The van der Waals surface area contributed by atoms with Gasteiger partial charge in [0.1, 0.15) is 5.75 Å². The molecule has 2 rings (SSSR count). The smallest absolute Gasteiger partial charge is 0.153 e. The van der Waals surface area contributed by atoms with Gasteiger partial charge in [-0.25, -0.2) is 0 Å². The van der Waals surface area contributed by atoms with E-state index in [0.717, 1.165) is 11.3 Å². The average Bonchev–Trinajstić information content (AvgIpc) is 2.28. The van der Waals surface area contributed by atoms with Crippen molar-refractivity contribution in [3.63, 3.8) is 0 Å². The molecule has 3 heteroatoms. The van der Waals surface area contributed by atoms with Crippen molar-refractivity contribution in [2.45, 2.75) is 20.8 Å². The van der Waals surface area contributed by atoms with Crippen LogP contribution in [0.25, 0.3) is 0 Å². The van der Waals surface area contributed by atoms with Crippen LogP contribution in [-0.4, -0.2) is 4.98 Å². The maximum Gasteiger partial charge on any atom is 0.153 e. The summed E-state index contributed by atoms with van der Waals surface area (Å²) in [5.41, 5.74) is 9.88. The molecule has 0 spiro atoms. The molecule has 0 aliphatic rings. The summed E-state index contributed by atoms with van der Waals surface area (Å²) in [5, 5.41) is 0. The third-order valence-electron chi connectivity index (χ3n) is 2.79. The number of nitrogens with two attached hydrogens (primary N) is 1. The number of aryl methyl sites for hydroxylation is 2. The number of aromatic nitrogens is 1. The zero-order valence-corrected chi connectivity index (χ0v) is 10.3. The number of nitrogen functional groups attached to an aromatic ring is 1. The molecule has 0 saturated heterocycles. The summed E-state index contributed by atoms with van der Waals surface area (Å²) in [7, 11) is 0. The monoisotopic (exact) mass is 228 g/mol. The van der Waals surface area contributed by atoms with Gasteiger partial charge < -0.3 is 10.5 Å². The lowest BCUT2D eigenvalue weighted by atomic mass is 10.1. The van der Waals surface area contributed by atoms with E-state index in [-0.39, 0.29) is 0 Å². The van der Waals surface area contributed by atoms with E-state index in [4.69, 9.17) is 10.5 Å². The number of rotatable bonds is 2. The van der Waals surface area contributed by atoms with Crippen LogP contribution in [0.5, 0.6) is 11.5 Å². The minimum atomic E-state index is 0.547. The van der Waals surface area contributed by atoms with Gasteiger partial charge in [0, 0.05) is 12.3 Å². The molecule has 1 heterocycles. The van der Waals surface area contributed by atoms with Crippen LogP contribution >= 0.6 is 0 Å². The fraction of sp³-hybridized carbons (Fsp3) is 0.214. The highest BCUT2D eigenvalue weighted by Gasteiger charge is 2.07. The molecular weight excluding hydrogens is 212 g/mol. The predicted octanol–water partition coefficient (Wildman–Crippen LogP) is 3.38. The van der Waals surface area contributed by atoms with E-state index in [1.165, 1.54) is 11.1 Å². The lowest BCUT2D eigenvalue weighted by molar-refractivity contribution is 0.479. The highest BCUT2D eigenvalue weighted by molar-refractivity contribution is 5.53. The topological polar surface area (TPSA) is 48.1 Å². The lowest BCUT2D eigenvalue weighted by Crippen LogP contribution is -1.95. The maximum absolute atomic E-state index is 5.84. The summed E-state index contributed by atoms with van der Waals surface area (Å²) in [6.07, 6.45) is 3.26. The number of anilines is 1. The minimum absolute atomic E-state index is 0.547. The molecular formula is C14H16N2O. The predicted molar refractivity (Wildman–Crippen MR) is 69.4 cm³/mol. The molecule has 0 amide bonds. The van der Waals surface area contributed by atoms with Crippen molar-refractivity contribution in [1.82, 2.24) is 4.98 Å². The van der Waals surface area contributed by atoms with Crippen LogP contribution in [0.15, 0.2) is 30.6 Å². The summed E-state index contributed by atoms with van der Waals surface area (Å²) < 4.78 is 5.84. The summed E-state index contributed by atoms with van der Waals surface area (Å²) >= 11 is 0. The van der Waals surface area contributed by atoms with Gasteiger partial charge in [0.2, 0.25) is 0 Å². The van der Waals surface area contributed by atoms with Crippen molar-refractivity contribution in [3.05, 3.63) is 47.3 Å². The Hall–Kier alpha value is -2.03. The Kier molecular flexibility index (Phi) is 3.00. The number of nitrogens with zero attached hydrogens (tertiary/aromatic N) is 1.